The van der Waals surface area contributed by atoms with Gasteiger partial charge in [0.2, 0.25) is 0 Å². The van der Waals surface area contributed by atoms with Gasteiger partial charge < -0.3 is 9.59 Å². The van der Waals surface area contributed by atoms with Crippen LogP contribution in [-0.2, 0) is 9.59 Å². The molecule has 0 aliphatic heterocycles. The van der Waals surface area contributed by atoms with Crippen molar-refractivity contribution in [1.29, 1.82) is 0 Å². The van der Waals surface area contributed by atoms with Crippen LogP contribution in [0.2, 0.25) is 0 Å². The van der Waals surface area contributed by atoms with Gasteiger partial charge in [0.25, 0.3) is 0 Å². The van der Waals surface area contributed by atoms with Crippen LogP contribution in [0.5, 0.6) is 0 Å². The molecule has 1 rings (SSSR count). The summed E-state index contributed by atoms with van der Waals surface area (Å²) in [5.41, 5.74) is 0. The van der Waals surface area contributed by atoms with Gasteiger partial charge in [-0.15, -0.1) is 0 Å². The number of aldehydes is 1. The minimum absolute atomic E-state index is 0.166. The van der Waals surface area contributed by atoms with Crippen molar-refractivity contribution in [1.82, 2.24) is 0 Å². The number of carbonyl (C=O) groups is 2. The van der Waals surface area contributed by atoms with E-state index < -0.39 is 0 Å². The second-order valence-corrected chi connectivity index (χ2v) is 3.40. The second kappa shape index (κ2) is 3.65. The van der Waals surface area contributed by atoms with Crippen LogP contribution in [0.15, 0.2) is 0 Å². The average Bonchev–Trinajstić information content (AvgIpc) is 2.34. The fraction of sp³-hybridized carbons (Fsp3) is 0.778. The van der Waals surface area contributed by atoms with Crippen molar-refractivity contribution in [3.63, 3.8) is 0 Å². The summed E-state index contributed by atoms with van der Waals surface area (Å²) in [4.78, 5) is 21.2. The Morgan fingerprint density at radius 2 is 2.27 bits per heavy atom. The molecule has 0 aromatic carbocycles. The van der Waals surface area contributed by atoms with Crippen molar-refractivity contribution >= 4 is 12.1 Å². The molecule has 11 heavy (non-hydrogen) atoms. The fourth-order valence-corrected chi connectivity index (χ4v) is 1.87. The summed E-state index contributed by atoms with van der Waals surface area (Å²) in [6, 6.07) is 0. The Morgan fingerprint density at radius 1 is 1.55 bits per heavy atom. The lowest BCUT2D eigenvalue weighted by Crippen LogP contribution is -2.12. The maximum Gasteiger partial charge on any atom is 0.130 e. The number of Topliss-reactive ketones (excluding diaryl/α,β-unsaturated/α-hetero) is 1. The molecule has 1 fully saturated rings. The lowest BCUT2D eigenvalue weighted by molar-refractivity contribution is -0.118. The zero-order chi connectivity index (χ0) is 8.27. The van der Waals surface area contributed by atoms with Crippen molar-refractivity contribution in [2.45, 2.75) is 32.6 Å². The predicted molar refractivity (Wildman–Crippen MR) is 42.2 cm³/mol. The third-order valence-corrected chi connectivity index (χ3v) is 2.44. The van der Waals surface area contributed by atoms with Crippen LogP contribution in [0.4, 0.5) is 0 Å². The normalized spacial score (nSPS) is 30.3. The van der Waals surface area contributed by atoms with E-state index in [1.807, 2.05) is 0 Å². The number of carbonyl (C=O) groups excluding carboxylic acids is 2. The summed E-state index contributed by atoms with van der Waals surface area (Å²) in [7, 11) is 0. The van der Waals surface area contributed by atoms with Gasteiger partial charge in [-0.1, -0.05) is 6.42 Å². The average molecular weight is 154 g/mol. The van der Waals surface area contributed by atoms with Gasteiger partial charge in [0.05, 0.1) is 0 Å². The van der Waals surface area contributed by atoms with Crippen molar-refractivity contribution < 1.29 is 9.59 Å². The van der Waals surface area contributed by atoms with E-state index >= 15 is 0 Å². The molecule has 0 aromatic heterocycles. The van der Waals surface area contributed by atoms with Gasteiger partial charge in [-0.25, -0.2) is 0 Å². The molecule has 2 heteroatoms. The predicted octanol–water partition coefficient (Wildman–Crippen LogP) is 1.58. The van der Waals surface area contributed by atoms with Gasteiger partial charge >= 0.3 is 0 Å². The van der Waals surface area contributed by atoms with Gasteiger partial charge in [-0.3, -0.25) is 0 Å². The number of hydrogen-bond acceptors (Lipinski definition) is 2. The standard InChI is InChI=1S/C9H14O2/c1-7(11)5-8-3-2-4-9(8)6-10/h6,8-9H,2-5H2,1H3/t8-,9-/m1/s1. The molecule has 0 saturated heterocycles. The van der Waals surface area contributed by atoms with E-state index in [2.05, 4.69) is 0 Å². The molecule has 0 N–H and O–H groups in total. The van der Waals surface area contributed by atoms with Gasteiger partial charge in [-0.2, -0.15) is 0 Å². The molecule has 0 radical (unpaired) electrons. The third kappa shape index (κ3) is 2.14. The Labute approximate surface area is 67.0 Å². The van der Waals surface area contributed by atoms with Crippen LogP contribution in [0, 0.1) is 11.8 Å². The molecule has 1 saturated carbocycles. The van der Waals surface area contributed by atoms with Crippen LogP contribution in [0.25, 0.3) is 0 Å². The number of ketones is 1. The highest BCUT2D eigenvalue weighted by Crippen LogP contribution is 2.32. The van der Waals surface area contributed by atoms with Crippen molar-refractivity contribution in [3.05, 3.63) is 0 Å². The minimum atomic E-state index is 0.166. The molecule has 0 amide bonds. The fourth-order valence-electron chi connectivity index (χ4n) is 1.87. The molecule has 0 unspecified atom stereocenters. The number of rotatable bonds is 3. The Morgan fingerprint density at radius 3 is 2.82 bits per heavy atom. The molecular formula is C9H14O2. The van der Waals surface area contributed by atoms with Crippen LogP contribution in [0.1, 0.15) is 32.6 Å². The minimum Gasteiger partial charge on any atom is -0.303 e. The third-order valence-electron chi connectivity index (χ3n) is 2.44. The quantitative estimate of drug-likeness (QED) is 0.578. The van der Waals surface area contributed by atoms with E-state index in [9.17, 15) is 9.59 Å². The maximum absolute atomic E-state index is 10.7. The highest BCUT2D eigenvalue weighted by Gasteiger charge is 2.27. The Balaban J connectivity index is 2.43. The first kappa shape index (κ1) is 8.44. The van der Waals surface area contributed by atoms with E-state index in [1.165, 1.54) is 0 Å². The van der Waals surface area contributed by atoms with Crippen molar-refractivity contribution in [2.75, 3.05) is 0 Å². The molecular weight excluding hydrogens is 140 g/mol. The summed E-state index contributed by atoms with van der Waals surface area (Å²) in [6.07, 6.45) is 4.77. The molecule has 0 aromatic rings. The van der Waals surface area contributed by atoms with E-state index in [1.54, 1.807) is 6.92 Å². The lowest BCUT2D eigenvalue weighted by atomic mass is 9.93. The molecule has 1 aliphatic rings. The molecule has 0 heterocycles. The van der Waals surface area contributed by atoms with Gasteiger partial charge in [0.15, 0.2) is 0 Å². The Kier molecular flexibility index (Phi) is 2.80. The van der Waals surface area contributed by atoms with E-state index in [0.29, 0.717) is 12.3 Å². The maximum atomic E-state index is 10.7. The monoisotopic (exact) mass is 154 g/mol. The smallest absolute Gasteiger partial charge is 0.130 e. The number of hydrogen-bond donors (Lipinski definition) is 0. The highest BCUT2D eigenvalue weighted by molar-refractivity contribution is 5.76. The molecule has 1 aliphatic carbocycles. The molecule has 2 nitrogen and oxygen atoms in total. The Hall–Kier alpha value is -0.660. The van der Waals surface area contributed by atoms with E-state index in [-0.39, 0.29) is 11.7 Å². The first-order valence-electron chi connectivity index (χ1n) is 4.18. The zero-order valence-electron chi connectivity index (χ0n) is 6.88. The molecule has 0 spiro atoms. The first-order chi connectivity index (χ1) is 5.24. The highest BCUT2D eigenvalue weighted by atomic mass is 16.1. The van der Waals surface area contributed by atoms with Crippen LogP contribution in [-0.4, -0.2) is 12.1 Å². The van der Waals surface area contributed by atoms with Crippen molar-refractivity contribution in [2.24, 2.45) is 11.8 Å². The molecule has 62 valence electrons. The summed E-state index contributed by atoms with van der Waals surface area (Å²) >= 11 is 0. The largest absolute Gasteiger partial charge is 0.303 e. The molecule has 2 atom stereocenters. The van der Waals surface area contributed by atoms with E-state index in [0.717, 1.165) is 25.5 Å². The second-order valence-electron chi connectivity index (χ2n) is 3.40. The lowest BCUT2D eigenvalue weighted by Gasteiger charge is -2.10. The SMILES string of the molecule is CC(=O)C[C@H]1CCC[C@@H]1C=O. The van der Waals surface area contributed by atoms with Crippen molar-refractivity contribution in [3.8, 4) is 0 Å². The van der Waals surface area contributed by atoms with Gasteiger partial charge in [0.1, 0.15) is 12.1 Å². The summed E-state index contributed by atoms with van der Waals surface area (Å²) in [5, 5.41) is 0. The Bertz CT molecular complexity index is 163. The molecule has 0 bridgehead atoms. The zero-order valence-corrected chi connectivity index (χ0v) is 6.88. The van der Waals surface area contributed by atoms with E-state index in [4.69, 9.17) is 0 Å². The summed E-state index contributed by atoms with van der Waals surface area (Å²) < 4.78 is 0. The van der Waals surface area contributed by atoms with Crippen LogP contribution < -0.4 is 0 Å². The van der Waals surface area contributed by atoms with Gasteiger partial charge in [0, 0.05) is 12.3 Å². The van der Waals surface area contributed by atoms with Crippen LogP contribution in [0.3, 0.4) is 0 Å². The topological polar surface area (TPSA) is 34.1 Å². The van der Waals surface area contributed by atoms with Crippen LogP contribution >= 0.6 is 0 Å². The summed E-state index contributed by atoms with van der Waals surface area (Å²) in [6.45, 7) is 1.60. The summed E-state index contributed by atoms with van der Waals surface area (Å²) in [5.74, 6) is 0.729. The first-order valence-corrected chi connectivity index (χ1v) is 4.18. The van der Waals surface area contributed by atoms with Gasteiger partial charge in [-0.05, 0) is 25.7 Å².